The predicted octanol–water partition coefficient (Wildman–Crippen LogP) is 6.47. The molecule has 1 aromatic heterocycles. The molecule has 0 amide bonds. The van der Waals surface area contributed by atoms with Gasteiger partial charge in [-0.05, 0) is 61.1 Å². The molecule has 5 rings (SSSR count). The maximum Gasteiger partial charge on any atom is 0.148 e. The number of hydroxylamine groups is 2. The van der Waals surface area contributed by atoms with Crippen molar-refractivity contribution in [2.75, 3.05) is 0 Å². The molecule has 0 saturated heterocycles. The van der Waals surface area contributed by atoms with Gasteiger partial charge in [0.25, 0.3) is 0 Å². The van der Waals surface area contributed by atoms with E-state index < -0.39 is 0 Å². The first kappa shape index (κ1) is 19.3. The molecule has 1 atom stereocenters. The van der Waals surface area contributed by atoms with Gasteiger partial charge in [0.2, 0.25) is 0 Å². The van der Waals surface area contributed by atoms with Crippen molar-refractivity contribution in [1.82, 2.24) is 5.06 Å². The average Bonchev–Trinajstić information content (AvgIpc) is 3.33. The van der Waals surface area contributed by atoms with Gasteiger partial charge < -0.3 is 14.0 Å². The average molecular weight is 404 g/mol. The Labute approximate surface area is 178 Å². The van der Waals surface area contributed by atoms with E-state index in [1.54, 1.807) is 6.26 Å². The summed E-state index contributed by atoms with van der Waals surface area (Å²) in [6, 6.07) is 19.2. The number of benzene rings is 2. The first-order valence-corrected chi connectivity index (χ1v) is 11.2. The summed E-state index contributed by atoms with van der Waals surface area (Å²) in [6.07, 6.45) is 11.9. The molecule has 1 saturated carbocycles. The molecular weight excluding hydrogens is 374 g/mol. The van der Waals surface area contributed by atoms with Gasteiger partial charge in [-0.1, -0.05) is 49.6 Å². The Kier molecular flexibility index (Phi) is 5.76. The number of fused-ring (bicyclic) bond motifs is 1. The van der Waals surface area contributed by atoms with Crippen LogP contribution in [0, 0.1) is 0 Å². The third-order valence-electron chi connectivity index (χ3n) is 6.27. The van der Waals surface area contributed by atoms with Gasteiger partial charge in [0.15, 0.2) is 0 Å². The Morgan fingerprint density at radius 3 is 2.60 bits per heavy atom. The fourth-order valence-electron chi connectivity index (χ4n) is 4.63. The van der Waals surface area contributed by atoms with E-state index >= 15 is 0 Å². The summed E-state index contributed by atoms with van der Waals surface area (Å²) in [5.41, 5.74) is 3.62. The molecule has 0 bridgehead atoms. The van der Waals surface area contributed by atoms with Crippen LogP contribution < -0.4 is 9.57 Å². The van der Waals surface area contributed by atoms with Crippen molar-refractivity contribution in [2.45, 2.75) is 63.6 Å². The molecule has 0 spiro atoms. The van der Waals surface area contributed by atoms with Crippen molar-refractivity contribution in [3.8, 4) is 11.5 Å². The standard InChI is InChI=1S/C26H29NO3/c1-3-7-21(8-4-1)25-13-11-22-17-24(12-14-26(22)29-25)30-27(18-20-15-16-28-19-20)23-9-5-2-6-10-23/h1,3-4,7-8,12,14-17,19,23,25H,2,5-6,9-11,13,18H2. The lowest BCUT2D eigenvalue weighted by Gasteiger charge is -2.33. The molecule has 1 unspecified atom stereocenters. The number of furan rings is 1. The summed E-state index contributed by atoms with van der Waals surface area (Å²) in [4.78, 5) is 6.44. The van der Waals surface area contributed by atoms with Gasteiger partial charge in [-0.25, -0.2) is 0 Å². The van der Waals surface area contributed by atoms with E-state index in [0.29, 0.717) is 6.04 Å². The van der Waals surface area contributed by atoms with E-state index in [1.165, 1.54) is 43.2 Å². The highest BCUT2D eigenvalue weighted by Crippen LogP contribution is 2.37. The number of rotatable bonds is 6. The van der Waals surface area contributed by atoms with Crippen molar-refractivity contribution in [1.29, 1.82) is 0 Å². The summed E-state index contributed by atoms with van der Waals surface area (Å²) in [5.74, 6) is 1.87. The zero-order valence-electron chi connectivity index (χ0n) is 17.3. The Hall–Kier alpha value is -2.72. The molecule has 1 aliphatic carbocycles. The first-order valence-electron chi connectivity index (χ1n) is 11.2. The molecule has 2 aliphatic rings. The Bertz CT molecular complexity index is 932. The molecular formula is C26H29NO3. The molecule has 30 heavy (non-hydrogen) atoms. The molecule has 156 valence electrons. The van der Waals surface area contributed by atoms with Crippen LogP contribution in [0.5, 0.6) is 11.5 Å². The van der Waals surface area contributed by atoms with Crippen molar-refractivity contribution >= 4 is 0 Å². The number of ether oxygens (including phenoxy) is 1. The highest BCUT2D eigenvalue weighted by atomic mass is 16.7. The van der Waals surface area contributed by atoms with Crippen molar-refractivity contribution in [2.24, 2.45) is 0 Å². The minimum Gasteiger partial charge on any atom is -0.485 e. The van der Waals surface area contributed by atoms with Crippen LogP contribution in [0.1, 0.15) is 61.3 Å². The van der Waals surface area contributed by atoms with Crippen LogP contribution in [0.25, 0.3) is 0 Å². The van der Waals surface area contributed by atoms with Gasteiger partial charge in [-0.2, -0.15) is 0 Å². The van der Waals surface area contributed by atoms with Crippen LogP contribution in [-0.4, -0.2) is 11.1 Å². The van der Waals surface area contributed by atoms with Crippen LogP contribution in [0.4, 0.5) is 0 Å². The van der Waals surface area contributed by atoms with Gasteiger partial charge in [-0.3, -0.25) is 0 Å². The third kappa shape index (κ3) is 4.39. The first-order chi connectivity index (χ1) is 14.8. The maximum atomic E-state index is 6.44. The van der Waals surface area contributed by atoms with Crippen molar-refractivity contribution < 1.29 is 14.0 Å². The number of hydrogen-bond donors (Lipinski definition) is 0. The van der Waals surface area contributed by atoms with Gasteiger partial charge in [0, 0.05) is 11.6 Å². The lowest BCUT2D eigenvalue weighted by molar-refractivity contribution is -0.113. The number of nitrogens with zero attached hydrogens (tertiary/aromatic N) is 1. The summed E-state index contributed by atoms with van der Waals surface area (Å²) in [6.45, 7) is 0.741. The van der Waals surface area contributed by atoms with Crippen LogP contribution in [0.15, 0.2) is 71.5 Å². The van der Waals surface area contributed by atoms with E-state index in [4.69, 9.17) is 14.0 Å². The van der Waals surface area contributed by atoms with E-state index in [0.717, 1.165) is 36.4 Å². The van der Waals surface area contributed by atoms with E-state index in [-0.39, 0.29) is 6.10 Å². The second-order valence-corrected chi connectivity index (χ2v) is 8.42. The Balaban J connectivity index is 1.31. The minimum absolute atomic E-state index is 0.130. The molecule has 4 heteroatoms. The third-order valence-corrected chi connectivity index (χ3v) is 6.27. The smallest absolute Gasteiger partial charge is 0.148 e. The highest BCUT2D eigenvalue weighted by molar-refractivity contribution is 5.42. The zero-order chi connectivity index (χ0) is 20.2. The molecule has 0 N–H and O–H groups in total. The molecule has 1 fully saturated rings. The zero-order valence-corrected chi connectivity index (χ0v) is 17.3. The van der Waals surface area contributed by atoms with E-state index in [2.05, 4.69) is 41.5 Å². The van der Waals surface area contributed by atoms with Crippen LogP contribution in [-0.2, 0) is 13.0 Å². The van der Waals surface area contributed by atoms with Crippen LogP contribution >= 0.6 is 0 Å². The minimum atomic E-state index is 0.130. The van der Waals surface area contributed by atoms with Gasteiger partial charge >= 0.3 is 0 Å². The molecule has 2 heterocycles. The molecule has 3 aromatic rings. The predicted molar refractivity (Wildman–Crippen MR) is 116 cm³/mol. The van der Waals surface area contributed by atoms with Crippen molar-refractivity contribution in [3.63, 3.8) is 0 Å². The maximum absolute atomic E-state index is 6.44. The SMILES string of the molecule is c1ccc(C2CCc3cc(ON(Cc4ccoc4)C4CCCCC4)ccc3O2)cc1. The van der Waals surface area contributed by atoms with E-state index in [9.17, 15) is 0 Å². The molecule has 4 nitrogen and oxygen atoms in total. The molecule has 1 aliphatic heterocycles. The second-order valence-electron chi connectivity index (χ2n) is 8.42. The topological polar surface area (TPSA) is 34.8 Å². The van der Waals surface area contributed by atoms with E-state index in [1.807, 2.05) is 24.5 Å². The van der Waals surface area contributed by atoms with Crippen LogP contribution in [0.3, 0.4) is 0 Å². The summed E-state index contributed by atoms with van der Waals surface area (Å²) in [5, 5.41) is 2.15. The number of aryl methyl sites for hydroxylation is 1. The van der Waals surface area contributed by atoms with Crippen LogP contribution in [0.2, 0.25) is 0 Å². The van der Waals surface area contributed by atoms with Crippen molar-refractivity contribution in [3.05, 3.63) is 83.8 Å². The molecule has 2 aromatic carbocycles. The molecule has 0 radical (unpaired) electrons. The van der Waals surface area contributed by atoms with Gasteiger partial charge in [0.1, 0.15) is 17.6 Å². The summed E-state index contributed by atoms with van der Waals surface area (Å²) >= 11 is 0. The fraction of sp³-hybridized carbons (Fsp3) is 0.385. The normalized spacial score (nSPS) is 19.3. The van der Waals surface area contributed by atoms with Gasteiger partial charge in [-0.15, -0.1) is 5.06 Å². The highest BCUT2D eigenvalue weighted by Gasteiger charge is 2.25. The lowest BCUT2D eigenvalue weighted by Crippen LogP contribution is -2.38. The Morgan fingerprint density at radius 1 is 0.933 bits per heavy atom. The quantitative estimate of drug-likeness (QED) is 0.442. The lowest BCUT2D eigenvalue weighted by atomic mass is 9.95. The fourth-order valence-corrected chi connectivity index (χ4v) is 4.63. The Morgan fingerprint density at radius 2 is 1.80 bits per heavy atom. The second kappa shape index (κ2) is 8.97. The monoisotopic (exact) mass is 403 g/mol. The van der Waals surface area contributed by atoms with Gasteiger partial charge in [0.05, 0.1) is 19.1 Å². The summed E-state index contributed by atoms with van der Waals surface area (Å²) in [7, 11) is 0. The largest absolute Gasteiger partial charge is 0.485 e. The summed E-state index contributed by atoms with van der Waals surface area (Å²) < 4.78 is 11.6. The number of hydrogen-bond acceptors (Lipinski definition) is 4.